The molecule has 0 aromatic heterocycles. The molecule has 5 heteroatoms. The first-order valence-corrected chi connectivity index (χ1v) is 6.12. The Labute approximate surface area is 116 Å². The van der Waals surface area contributed by atoms with Gasteiger partial charge in [-0.15, -0.1) is 0 Å². The quantitative estimate of drug-likeness (QED) is 0.802. The van der Waals surface area contributed by atoms with E-state index in [1.54, 1.807) is 31.2 Å². The summed E-state index contributed by atoms with van der Waals surface area (Å²) in [7, 11) is 0. The van der Waals surface area contributed by atoms with Crippen LogP contribution in [0.4, 0.5) is 10.1 Å². The molecule has 0 saturated carbocycles. The standard InChI is InChI=1S/C15H15FN2O2/c1-9(13-7-6-12(19)8-14(13)16)18-11-4-2-10(3-5-11)15(17)20/h2-9,18-19H,1H3,(H2,17,20). The van der Waals surface area contributed by atoms with Gasteiger partial charge in [0.15, 0.2) is 0 Å². The molecule has 1 unspecified atom stereocenters. The largest absolute Gasteiger partial charge is 0.508 e. The van der Waals surface area contributed by atoms with E-state index in [0.717, 1.165) is 11.8 Å². The van der Waals surface area contributed by atoms with Crippen molar-refractivity contribution >= 4 is 11.6 Å². The third kappa shape index (κ3) is 3.06. The molecule has 0 heterocycles. The third-order valence-corrected chi connectivity index (χ3v) is 3.00. The summed E-state index contributed by atoms with van der Waals surface area (Å²) in [6.07, 6.45) is 0. The number of phenols is 1. The van der Waals surface area contributed by atoms with Crippen LogP contribution in [-0.4, -0.2) is 11.0 Å². The van der Waals surface area contributed by atoms with Crippen LogP contribution in [0.25, 0.3) is 0 Å². The number of nitrogens with two attached hydrogens (primary N) is 1. The van der Waals surface area contributed by atoms with Gasteiger partial charge < -0.3 is 16.2 Å². The molecule has 0 bridgehead atoms. The van der Waals surface area contributed by atoms with Gasteiger partial charge in [-0.25, -0.2) is 4.39 Å². The van der Waals surface area contributed by atoms with Crippen LogP contribution in [0, 0.1) is 5.82 Å². The number of amides is 1. The lowest BCUT2D eigenvalue weighted by Crippen LogP contribution is -2.11. The van der Waals surface area contributed by atoms with Gasteiger partial charge >= 0.3 is 0 Å². The first-order chi connectivity index (χ1) is 9.47. The lowest BCUT2D eigenvalue weighted by Gasteiger charge is -2.16. The minimum absolute atomic E-state index is 0.107. The van der Waals surface area contributed by atoms with E-state index >= 15 is 0 Å². The minimum atomic E-state index is -0.492. The second kappa shape index (κ2) is 5.61. The molecular formula is C15H15FN2O2. The molecule has 0 aliphatic carbocycles. The van der Waals surface area contributed by atoms with E-state index in [1.165, 1.54) is 12.1 Å². The zero-order valence-electron chi connectivity index (χ0n) is 10.9. The molecule has 0 fully saturated rings. The summed E-state index contributed by atoms with van der Waals surface area (Å²) in [4.78, 5) is 11.0. The molecule has 4 nitrogen and oxygen atoms in total. The van der Waals surface area contributed by atoms with Crippen LogP contribution in [-0.2, 0) is 0 Å². The molecule has 1 amide bonds. The van der Waals surface area contributed by atoms with Gasteiger partial charge in [0.05, 0.1) is 6.04 Å². The number of anilines is 1. The molecule has 2 rings (SSSR count). The van der Waals surface area contributed by atoms with Gasteiger partial charge in [0.1, 0.15) is 11.6 Å². The number of hydrogen-bond acceptors (Lipinski definition) is 3. The third-order valence-electron chi connectivity index (χ3n) is 3.00. The van der Waals surface area contributed by atoms with Crippen molar-refractivity contribution in [2.75, 3.05) is 5.32 Å². The van der Waals surface area contributed by atoms with Crippen molar-refractivity contribution in [2.45, 2.75) is 13.0 Å². The van der Waals surface area contributed by atoms with Gasteiger partial charge in [-0.3, -0.25) is 4.79 Å². The van der Waals surface area contributed by atoms with Crippen LogP contribution >= 0.6 is 0 Å². The first kappa shape index (κ1) is 13.9. The average Bonchev–Trinajstić information content (AvgIpc) is 2.39. The van der Waals surface area contributed by atoms with Crippen LogP contribution in [0.3, 0.4) is 0 Å². The van der Waals surface area contributed by atoms with Gasteiger partial charge in [-0.05, 0) is 37.3 Å². The number of benzene rings is 2. The highest BCUT2D eigenvalue weighted by molar-refractivity contribution is 5.93. The monoisotopic (exact) mass is 274 g/mol. The SMILES string of the molecule is CC(Nc1ccc(C(N)=O)cc1)c1ccc(O)cc1F. The second-order valence-corrected chi connectivity index (χ2v) is 4.51. The molecule has 0 saturated heterocycles. The smallest absolute Gasteiger partial charge is 0.248 e. The molecule has 2 aromatic carbocycles. The van der Waals surface area contributed by atoms with Gasteiger partial charge in [0, 0.05) is 22.9 Å². The number of nitrogens with one attached hydrogen (secondary N) is 1. The van der Waals surface area contributed by atoms with E-state index in [4.69, 9.17) is 5.73 Å². The summed E-state index contributed by atoms with van der Waals surface area (Å²) in [5.74, 6) is -1.07. The first-order valence-electron chi connectivity index (χ1n) is 6.12. The second-order valence-electron chi connectivity index (χ2n) is 4.51. The van der Waals surface area contributed by atoms with Gasteiger partial charge in [-0.2, -0.15) is 0 Å². The van der Waals surface area contributed by atoms with E-state index in [9.17, 15) is 14.3 Å². The van der Waals surface area contributed by atoms with Crippen molar-refractivity contribution < 1.29 is 14.3 Å². The normalized spacial score (nSPS) is 11.9. The number of phenolic OH excluding ortho intramolecular Hbond substituents is 1. The molecule has 0 spiro atoms. The number of carbonyl (C=O) groups is 1. The highest BCUT2D eigenvalue weighted by Gasteiger charge is 2.11. The van der Waals surface area contributed by atoms with E-state index in [1.807, 2.05) is 0 Å². The fourth-order valence-electron chi connectivity index (χ4n) is 1.93. The van der Waals surface area contributed by atoms with Crippen LogP contribution < -0.4 is 11.1 Å². The number of aromatic hydroxyl groups is 1. The molecule has 4 N–H and O–H groups in total. The lowest BCUT2D eigenvalue weighted by atomic mass is 10.1. The number of rotatable bonds is 4. The van der Waals surface area contributed by atoms with E-state index in [0.29, 0.717) is 11.1 Å². The van der Waals surface area contributed by atoms with E-state index in [2.05, 4.69) is 5.32 Å². The summed E-state index contributed by atoms with van der Waals surface area (Å²) in [6.45, 7) is 1.80. The van der Waals surface area contributed by atoms with Crippen molar-refractivity contribution in [1.82, 2.24) is 0 Å². The predicted octanol–water partition coefficient (Wildman–Crippen LogP) is 2.80. The summed E-state index contributed by atoms with van der Waals surface area (Å²) < 4.78 is 13.7. The van der Waals surface area contributed by atoms with Gasteiger partial charge in [0.25, 0.3) is 0 Å². The average molecular weight is 274 g/mol. The molecule has 0 radical (unpaired) electrons. The van der Waals surface area contributed by atoms with Crippen LogP contribution in [0.15, 0.2) is 42.5 Å². The Morgan fingerprint density at radius 1 is 1.25 bits per heavy atom. The number of primary amides is 1. The Morgan fingerprint density at radius 3 is 2.45 bits per heavy atom. The minimum Gasteiger partial charge on any atom is -0.508 e. The fraction of sp³-hybridized carbons (Fsp3) is 0.133. The Bertz CT molecular complexity index is 626. The fourth-order valence-corrected chi connectivity index (χ4v) is 1.93. The summed E-state index contributed by atoms with van der Waals surface area (Å²) in [6, 6.07) is 10.4. The van der Waals surface area contributed by atoms with Crippen molar-refractivity contribution in [3.8, 4) is 5.75 Å². The summed E-state index contributed by atoms with van der Waals surface area (Å²) in [5.41, 5.74) is 6.76. The molecule has 0 aliphatic heterocycles. The maximum Gasteiger partial charge on any atom is 0.248 e. The molecule has 104 valence electrons. The Kier molecular flexibility index (Phi) is 3.89. The zero-order valence-corrected chi connectivity index (χ0v) is 10.9. The summed E-state index contributed by atoms with van der Waals surface area (Å²) in [5, 5.41) is 12.3. The Hall–Kier alpha value is -2.56. The Balaban J connectivity index is 2.14. The van der Waals surface area contributed by atoms with Gasteiger partial charge in [-0.1, -0.05) is 6.07 Å². The molecule has 1 atom stereocenters. The predicted molar refractivity (Wildman–Crippen MR) is 75.1 cm³/mol. The summed E-state index contributed by atoms with van der Waals surface area (Å²) >= 11 is 0. The molecule has 20 heavy (non-hydrogen) atoms. The maximum atomic E-state index is 13.7. The molecular weight excluding hydrogens is 259 g/mol. The number of hydrogen-bond donors (Lipinski definition) is 3. The topological polar surface area (TPSA) is 75.3 Å². The van der Waals surface area contributed by atoms with Crippen LogP contribution in [0.2, 0.25) is 0 Å². The van der Waals surface area contributed by atoms with E-state index < -0.39 is 11.7 Å². The lowest BCUT2D eigenvalue weighted by molar-refractivity contribution is 0.100. The van der Waals surface area contributed by atoms with Crippen molar-refractivity contribution in [3.63, 3.8) is 0 Å². The van der Waals surface area contributed by atoms with Gasteiger partial charge in [0.2, 0.25) is 5.91 Å². The van der Waals surface area contributed by atoms with E-state index in [-0.39, 0.29) is 11.8 Å². The molecule has 0 aliphatic rings. The van der Waals surface area contributed by atoms with Crippen LogP contribution in [0.1, 0.15) is 28.9 Å². The highest BCUT2D eigenvalue weighted by atomic mass is 19.1. The number of halogens is 1. The van der Waals surface area contributed by atoms with Crippen LogP contribution in [0.5, 0.6) is 5.75 Å². The molecule has 2 aromatic rings. The zero-order chi connectivity index (χ0) is 14.7. The van der Waals surface area contributed by atoms with Crippen molar-refractivity contribution in [2.24, 2.45) is 5.73 Å². The maximum absolute atomic E-state index is 13.7. The highest BCUT2D eigenvalue weighted by Crippen LogP contribution is 2.24. The van der Waals surface area contributed by atoms with Crippen molar-refractivity contribution in [1.29, 1.82) is 0 Å². The Morgan fingerprint density at radius 2 is 1.90 bits per heavy atom. The van der Waals surface area contributed by atoms with Crippen molar-refractivity contribution in [3.05, 3.63) is 59.4 Å². The number of carbonyl (C=O) groups excluding carboxylic acids is 1.